The number of rotatable bonds is 7. The fourth-order valence-electron chi connectivity index (χ4n) is 5.09. The van der Waals surface area contributed by atoms with Gasteiger partial charge in [0.1, 0.15) is 17.4 Å². The normalized spacial score (nSPS) is 16.9. The molecule has 9 heteroatoms. The molecule has 200 valence electrons. The summed E-state index contributed by atoms with van der Waals surface area (Å²) in [4.78, 5) is 17.2. The van der Waals surface area contributed by atoms with Crippen LogP contribution in [0.15, 0.2) is 59.5 Å². The van der Waals surface area contributed by atoms with Gasteiger partial charge in [-0.2, -0.15) is 0 Å². The van der Waals surface area contributed by atoms with E-state index >= 15 is 4.39 Å². The van der Waals surface area contributed by atoms with E-state index in [2.05, 4.69) is 0 Å². The average molecular weight is 559 g/mol. The number of benzene rings is 3. The van der Waals surface area contributed by atoms with E-state index in [-0.39, 0.29) is 18.3 Å². The number of hydrogen-bond donors (Lipinski definition) is 1. The molecule has 0 bridgehead atoms. The fourth-order valence-corrected chi connectivity index (χ4v) is 6.50. The van der Waals surface area contributed by atoms with E-state index in [0.29, 0.717) is 66.7 Å². The number of hydrogen-bond acceptors (Lipinski definition) is 5. The van der Waals surface area contributed by atoms with E-state index in [4.69, 9.17) is 16.3 Å². The van der Waals surface area contributed by atoms with Crippen LogP contribution in [0.2, 0.25) is 5.02 Å². The van der Waals surface area contributed by atoms with E-state index in [0.717, 1.165) is 16.0 Å². The average Bonchev–Trinajstić information content (AvgIpc) is 2.91. The molecule has 5 rings (SSSR count). The van der Waals surface area contributed by atoms with Gasteiger partial charge in [0.15, 0.2) is 0 Å². The summed E-state index contributed by atoms with van der Waals surface area (Å²) in [7, 11) is 1.59. The van der Waals surface area contributed by atoms with Crippen LogP contribution in [0.5, 0.6) is 5.75 Å². The molecule has 0 saturated carbocycles. The third-order valence-corrected chi connectivity index (χ3v) is 8.90. The minimum Gasteiger partial charge on any atom is -0.497 e. The number of anilines is 2. The van der Waals surface area contributed by atoms with E-state index < -0.39 is 11.4 Å². The molecule has 2 aliphatic heterocycles. The Morgan fingerprint density at radius 1 is 1.03 bits per heavy atom. The molecule has 2 heterocycles. The number of aliphatic hydroxyl groups is 1. The molecular formula is C29H29ClF2N2O3S. The number of ether oxygens (including phenoxy) is 1. The summed E-state index contributed by atoms with van der Waals surface area (Å²) >= 11 is 7.36. The Balaban J connectivity index is 1.29. The molecule has 0 aromatic heterocycles. The van der Waals surface area contributed by atoms with E-state index in [9.17, 15) is 14.3 Å². The molecule has 3 aromatic carbocycles. The Morgan fingerprint density at radius 3 is 2.45 bits per heavy atom. The van der Waals surface area contributed by atoms with Crippen molar-refractivity contribution in [2.75, 3.05) is 35.8 Å². The number of carbonyl (C=O) groups excluding carboxylic acids is 1. The maximum atomic E-state index is 15.1. The van der Waals surface area contributed by atoms with E-state index in [1.807, 2.05) is 29.2 Å². The molecular weight excluding hydrogens is 530 g/mol. The molecule has 1 amide bonds. The summed E-state index contributed by atoms with van der Waals surface area (Å²) in [6.07, 6.45) is 1.71. The van der Waals surface area contributed by atoms with Crippen molar-refractivity contribution in [1.82, 2.24) is 0 Å². The van der Waals surface area contributed by atoms with Gasteiger partial charge in [0.2, 0.25) is 5.91 Å². The van der Waals surface area contributed by atoms with Crippen molar-refractivity contribution in [3.8, 4) is 5.75 Å². The highest BCUT2D eigenvalue weighted by Gasteiger charge is 2.35. The Labute approximate surface area is 230 Å². The molecule has 0 spiro atoms. The first-order valence-corrected chi connectivity index (χ1v) is 13.9. The third-order valence-electron chi connectivity index (χ3n) is 7.29. The lowest BCUT2D eigenvalue weighted by Gasteiger charge is -2.39. The maximum Gasteiger partial charge on any atom is 0.227 e. The van der Waals surface area contributed by atoms with Gasteiger partial charge in [-0.3, -0.25) is 4.79 Å². The van der Waals surface area contributed by atoms with Crippen LogP contribution in [-0.4, -0.2) is 42.6 Å². The minimum atomic E-state index is -0.932. The summed E-state index contributed by atoms with van der Waals surface area (Å²) in [6.45, 7) is 1.30. The topological polar surface area (TPSA) is 53.0 Å². The van der Waals surface area contributed by atoms with Crippen LogP contribution in [0.25, 0.3) is 0 Å². The van der Waals surface area contributed by atoms with Crippen molar-refractivity contribution in [2.24, 2.45) is 0 Å². The molecule has 3 aromatic rings. The lowest BCUT2D eigenvalue weighted by Crippen LogP contribution is -2.46. The summed E-state index contributed by atoms with van der Waals surface area (Å²) in [5.74, 6) is 0.224. The predicted octanol–water partition coefficient (Wildman–Crippen LogP) is 6.23. The van der Waals surface area contributed by atoms with Crippen LogP contribution in [0.1, 0.15) is 30.4 Å². The molecule has 0 atom stereocenters. The van der Waals surface area contributed by atoms with E-state index in [1.165, 1.54) is 28.8 Å². The molecule has 38 heavy (non-hydrogen) atoms. The monoisotopic (exact) mass is 558 g/mol. The highest BCUT2D eigenvalue weighted by Crippen LogP contribution is 2.40. The smallest absolute Gasteiger partial charge is 0.227 e. The third kappa shape index (κ3) is 5.63. The highest BCUT2D eigenvalue weighted by molar-refractivity contribution is 7.99. The van der Waals surface area contributed by atoms with Crippen LogP contribution < -0.4 is 14.5 Å². The van der Waals surface area contributed by atoms with Crippen LogP contribution >= 0.6 is 23.4 Å². The molecule has 1 fully saturated rings. The van der Waals surface area contributed by atoms with Crippen LogP contribution in [-0.2, 0) is 17.8 Å². The Kier molecular flexibility index (Phi) is 7.84. The SMILES string of the molecule is COc1ccc(CN2C(=O)CCc3c(SCC4(O)CCN(c5ccc(Cl)cc5F)CC4)ccc(F)c32)cc1. The van der Waals surface area contributed by atoms with Gasteiger partial charge in [-0.25, -0.2) is 8.78 Å². The first kappa shape index (κ1) is 26.8. The van der Waals surface area contributed by atoms with Gasteiger partial charge in [-0.15, -0.1) is 11.8 Å². The summed E-state index contributed by atoms with van der Waals surface area (Å²) in [5.41, 5.74) is 1.55. The van der Waals surface area contributed by atoms with E-state index in [1.54, 1.807) is 25.3 Å². The van der Waals surface area contributed by atoms with Gasteiger partial charge in [0, 0.05) is 35.2 Å². The van der Waals surface area contributed by atoms with Crippen molar-refractivity contribution >= 4 is 40.6 Å². The molecule has 5 nitrogen and oxygen atoms in total. The minimum absolute atomic E-state index is 0.116. The number of methoxy groups -OCH3 is 1. The highest BCUT2D eigenvalue weighted by atomic mass is 35.5. The Hall–Kier alpha value is -2.81. The maximum absolute atomic E-state index is 15.1. The number of piperidine rings is 1. The van der Waals surface area contributed by atoms with Crippen molar-refractivity contribution in [2.45, 2.75) is 42.7 Å². The van der Waals surface area contributed by atoms with Crippen molar-refractivity contribution < 1.29 is 23.4 Å². The second-order valence-corrected chi connectivity index (χ2v) is 11.3. The second kappa shape index (κ2) is 11.1. The fraction of sp³-hybridized carbons (Fsp3) is 0.345. The van der Waals surface area contributed by atoms with Crippen LogP contribution in [0, 0.1) is 11.6 Å². The van der Waals surface area contributed by atoms with Crippen LogP contribution in [0.3, 0.4) is 0 Å². The lowest BCUT2D eigenvalue weighted by atomic mass is 9.93. The first-order chi connectivity index (χ1) is 18.3. The summed E-state index contributed by atoms with van der Waals surface area (Å²) in [6, 6.07) is 15.1. The molecule has 0 radical (unpaired) electrons. The number of amides is 1. The predicted molar refractivity (Wildman–Crippen MR) is 147 cm³/mol. The van der Waals surface area contributed by atoms with Gasteiger partial charge in [0.05, 0.1) is 30.6 Å². The number of fused-ring (bicyclic) bond motifs is 1. The van der Waals surface area contributed by atoms with Gasteiger partial charge in [-0.05, 0) is 72.9 Å². The van der Waals surface area contributed by atoms with Gasteiger partial charge in [0.25, 0.3) is 0 Å². The van der Waals surface area contributed by atoms with Gasteiger partial charge < -0.3 is 19.6 Å². The van der Waals surface area contributed by atoms with Gasteiger partial charge >= 0.3 is 0 Å². The molecule has 1 N–H and O–H groups in total. The molecule has 0 unspecified atom stereocenters. The molecule has 1 saturated heterocycles. The van der Waals surface area contributed by atoms with Crippen molar-refractivity contribution in [3.63, 3.8) is 0 Å². The molecule has 0 aliphatic carbocycles. The van der Waals surface area contributed by atoms with Crippen molar-refractivity contribution in [1.29, 1.82) is 0 Å². The number of carbonyl (C=O) groups is 1. The quantitative estimate of drug-likeness (QED) is 0.348. The van der Waals surface area contributed by atoms with Crippen molar-refractivity contribution in [3.05, 3.63) is 82.4 Å². The number of halogens is 3. The number of thioether (sulfide) groups is 1. The summed E-state index contributed by atoms with van der Waals surface area (Å²) in [5, 5.41) is 11.6. The van der Waals surface area contributed by atoms with Crippen LogP contribution in [0.4, 0.5) is 20.2 Å². The van der Waals surface area contributed by atoms with Gasteiger partial charge in [-0.1, -0.05) is 23.7 Å². The zero-order chi connectivity index (χ0) is 26.9. The summed E-state index contributed by atoms with van der Waals surface area (Å²) < 4.78 is 34.7. The molecule has 2 aliphatic rings. The Morgan fingerprint density at radius 2 is 1.76 bits per heavy atom. The zero-order valence-electron chi connectivity index (χ0n) is 21.1. The largest absolute Gasteiger partial charge is 0.497 e. The number of nitrogens with zero attached hydrogens (tertiary/aromatic N) is 2. The lowest BCUT2D eigenvalue weighted by molar-refractivity contribution is -0.119. The first-order valence-electron chi connectivity index (χ1n) is 12.6. The second-order valence-electron chi connectivity index (χ2n) is 9.80. The Bertz CT molecular complexity index is 1330. The standard InChI is InChI=1S/C29H29ClF2N2O3S/c1-37-21-5-2-19(3-6-21)17-34-27(35)11-7-22-26(10-8-23(31)28(22)34)38-18-29(36)12-14-33(15-13-29)25-9-4-20(30)16-24(25)32/h2-6,8-10,16,36H,7,11-15,17-18H2,1H3. The zero-order valence-corrected chi connectivity index (χ0v) is 22.6.